The van der Waals surface area contributed by atoms with Crippen LogP contribution >= 0.6 is 15.9 Å². The van der Waals surface area contributed by atoms with Crippen molar-refractivity contribution in [2.45, 2.75) is 19.8 Å². The van der Waals surface area contributed by atoms with Gasteiger partial charge >= 0.3 is 5.91 Å². The molecule has 0 atom stereocenters. The minimum Gasteiger partial charge on any atom is -0.444 e. The Hall–Kier alpha value is -1.10. The molecule has 76 valence electrons. The number of nitrogens with one attached hydrogen (secondary N) is 1. The van der Waals surface area contributed by atoms with Crippen LogP contribution in [-0.2, 0) is 0 Å². The van der Waals surface area contributed by atoms with Gasteiger partial charge in [-0.2, -0.15) is 5.10 Å². The molecule has 0 radical (unpaired) electrons. The van der Waals surface area contributed by atoms with Gasteiger partial charge in [-0.25, -0.2) is 5.43 Å². The Morgan fingerprint density at radius 2 is 2.50 bits per heavy atom. The number of hydrazone groups is 1. The summed E-state index contributed by atoms with van der Waals surface area (Å²) in [7, 11) is 0. The van der Waals surface area contributed by atoms with Crippen molar-refractivity contribution in [2.75, 3.05) is 0 Å². The fourth-order valence-corrected chi connectivity index (χ4v) is 1.10. The number of halogens is 1. The van der Waals surface area contributed by atoms with Crippen LogP contribution in [0, 0.1) is 0 Å². The minimum absolute atomic E-state index is 0.241. The Bertz CT molecular complexity index is 333. The topological polar surface area (TPSA) is 54.6 Å². The zero-order valence-corrected chi connectivity index (χ0v) is 9.37. The molecule has 0 spiro atoms. The summed E-state index contributed by atoms with van der Waals surface area (Å²) in [4.78, 5) is 11.3. The fourth-order valence-electron chi connectivity index (χ4n) is 0.789. The van der Waals surface area contributed by atoms with Crippen molar-refractivity contribution in [2.24, 2.45) is 5.10 Å². The molecule has 0 aromatic carbocycles. The first-order valence-electron chi connectivity index (χ1n) is 4.31. The highest BCUT2D eigenvalue weighted by Crippen LogP contribution is 2.13. The van der Waals surface area contributed by atoms with Gasteiger partial charge in [-0.1, -0.05) is 13.3 Å². The number of hydrogen-bond acceptors (Lipinski definition) is 3. The van der Waals surface area contributed by atoms with Crippen LogP contribution in [0.4, 0.5) is 0 Å². The molecule has 1 aromatic rings. The van der Waals surface area contributed by atoms with E-state index in [4.69, 9.17) is 4.42 Å². The van der Waals surface area contributed by atoms with Gasteiger partial charge in [0.1, 0.15) is 0 Å². The van der Waals surface area contributed by atoms with Crippen LogP contribution in [-0.4, -0.2) is 12.1 Å². The number of unbranched alkanes of at least 4 members (excludes halogenated alkanes) is 1. The Kier molecular flexibility index (Phi) is 4.39. The average molecular weight is 259 g/mol. The lowest BCUT2D eigenvalue weighted by atomic mass is 10.4. The average Bonchev–Trinajstić information content (AvgIpc) is 2.59. The lowest BCUT2D eigenvalue weighted by molar-refractivity contribution is 0.0926. The zero-order valence-electron chi connectivity index (χ0n) is 7.79. The van der Waals surface area contributed by atoms with E-state index in [0.29, 0.717) is 4.67 Å². The fraction of sp³-hybridized carbons (Fsp3) is 0.333. The van der Waals surface area contributed by atoms with Crippen molar-refractivity contribution < 1.29 is 9.21 Å². The SMILES string of the molecule is CCCC=NNC(=O)c1ccc(Br)o1. The second-order valence-electron chi connectivity index (χ2n) is 2.65. The number of carbonyl (C=O) groups is 1. The van der Waals surface area contributed by atoms with Gasteiger partial charge in [0.25, 0.3) is 0 Å². The Labute approximate surface area is 90.5 Å². The van der Waals surface area contributed by atoms with Crippen LogP contribution in [0.2, 0.25) is 0 Å². The van der Waals surface area contributed by atoms with E-state index in [2.05, 4.69) is 26.5 Å². The van der Waals surface area contributed by atoms with Crippen molar-refractivity contribution in [3.8, 4) is 0 Å². The predicted octanol–water partition coefficient (Wildman–Crippen LogP) is 2.56. The molecule has 0 saturated carbocycles. The van der Waals surface area contributed by atoms with E-state index in [0.717, 1.165) is 12.8 Å². The molecule has 14 heavy (non-hydrogen) atoms. The molecule has 1 N–H and O–H groups in total. The summed E-state index contributed by atoms with van der Waals surface area (Å²) in [6.45, 7) is 2.04. The van der Waals surface area contributed by atoms with Crippen LogP contribution in [0.15, 0.2) is 26.3 Å². The third-order valence-electron chi connectivity index (χ3n) is 1.47. The van der Waals surface area contributed by atoms with Crippen LogP contribution in [0.3, 0.4) is 0 Å². The maximum atomic E-state index is 11.3. The molecular weight excluding hydrogens is 248 g/mol. The molecule has 0 bridgehead atoms. The van der Waals surface area contributed by atoms with E-state index >= 15 is 0 Å². The van der Waals surface area contributed by atoms with Crippen molar-refractivity contribution in [3.63, 3.8) is 0 Å². The third-order valence-corrected chi connectivity index (χ3v) is 1.90. The normalized spacial score (nSPS) is 10.7. The number of furan rings is 1. The molecule has 0 aliphatic carbocycles. The lowest BCUT2D eigenvalue weighted by Crippen LogP contribution is -2.16. The smallest absolute Gasteiger partial charge is 0.307 e. The summed E-state index contributed by atoms with van der Waals surface area (Å²) >= 11 is 3.11. The molecule has 0 aliphatic rings. The summed E-state index contributed by atoms with van der Waals surface area (Å²) in [5.41, 5.74) is 2.36. The number of nitrogens with zero attached hydrogens (tertiary/aromatic N) is 1. The van der Waals surface area contributed by atoms with Crippen molar-refractivity contribution in [1.29, 1.82) is 0 Å². The molecule has 0 unspecified atom stereocenters. The zero-order chi connectivity index (χ0) is 10.4. The maximum absolute atomic E-state index is 11.3. The van der Waals surface area contributed by atoms with Gasteiger partial charge in [-0.15, -0.1) is 0 Å². The highest BCUT2D eigenvalue weighted by molar-refractivity contribution is 9.10. The van der Waals surface area contributed by atoms with Crippen LogP contribution in [0.5, 0.6) is 0 Å². The Morgan fingerprint density at radius 1 is 1.71 bits per heavy atom. The van der Waals surface area contributed by atoms with Gasteiger partial charge < -0.3 is 4.42 Å². The predicted molar refractivity (Wildman–Crippen MR) is 57.3 cm³/mol. The highest BCUT2D eigenvalue weighted by atomic mass is 79.9. The van der Waals surface area contributed by atoms with E-state index in [9.17, 15) is 4.79 Å². The molecule has 0 fully saturated rings. The van der Waals surface area contributed by atoms with Crippen molar-refractivity contribution in [3.05, 3.63) is 22.6 Å². The molecule has 1 aromatic heterocycles. The Morgan fingerprint density at radius 3 is 3.07 bits per heavy atom. The summed E-state index contributed by atoms with van der Waals surface area (Å²) in [5.74, 6) is -0.103. The van der Waals surface area contributed by atoms with E-state index < -0.39 is 0 Å². The summed E-state index contributed by atoms with van der Waals surface area (Å²) in [5, 5.41) is 3.75. The monoisotopic (exact) mass is 258 g/mol. The lowest BCUT2D eigenvalue weighted by Gasteiger charge is -1.93. The summed E-state index contributed by atoms with van der Waals surface area (Å²) in [6.07, 6.45) is 3.52. The second-order valence-corrected chi connectivity index (χ2v) is 3.43. The first kappa shape index (κ1) is 11.0. The molecule has 1 heterocycles. The summed E-state index contributed by atoms with van der Waals surface area (Å²) in [6, 6.07) is 3.24. The largest absolute Gasteiger partial charge is 0.444 e. The first-order chi connectivity index (χ1) is 6.74. The third kappa shape index (κ3) is 3.33. The van der Waals surface area contributed by atoms with Gasteiger partial charge in [0.15, 0.2) is 10.4 Å². The number of amides is 1. The highest BCUT2D eigenvalue weighted by Gasteiger charge is 2.08. The molecule has 0 aliphatic heterocycles. The molecular formula is C9H11BrN2O2. The Balaban J connectivity index is 2.43. The van der Waals surface area contributed by atoms with Gasteiger partial charge in [0.05, 0.1) is 0 Å². The number of hydrogen-bond donors (Lipinski definition) is 1. The van der Waals surface area contributed by atoms with Gasteiger partial charge in [0.2, 0.25) is 0 Å². The quantitative estimate of drug-likeness (QED) is 0.667. The van der Waals surface area contributed by atoms with E-state index in [1.54, 1.807) is 18.3 Å². The molecule has 5 heteroatoms. The van der Waals surface area contributed by atoms with Crippen LogP contribution < -0.4 is 5.43 Å². The van der Waals surface area contributed by atoms with Crippen molar-refractivity contribution >= 4 is 28.1 Å². The van der Waals surface area contributed by atoms with Crippen LogP contribution in [0.25, 0.3) is 0 Å². The number of carbonyl (C=O) groups excluding carboxylic acids is 1. The van der Waals surface area contributed by atoms with Gasteiger partial charge in [-0.3, -0.25) is 4.79 Å². The van der Waals surface area contributed by atoms with E-state index in [1.807, 2.05) is 6.92 Å². The van der Waals surface area contributed by atoms with Gasteiger partial charge in [-0.05, 0) is 34.5 Å². The molecule has 1 amide bonds. The van der Waals surface area contributed by atoms with E-state index in [1.165, 1.54) is 0 Å². The standard InChI is InChI=1S/C9H11BrN2O2/c1-2-3-6-11-12-9(13)7-4-5-8(10)14-7/h4-6H,2-3H2,1H3,(H,12,13). The van der Waals surface area contributed by atoms with E-state index in [-0.39, 0.29) is 11.7 Å². The summed E-state index contributed by atoms with van der Waals surface area (Å²) < 4.78 is 5.56. The number of rotatable bonds is 4. The molecule has 1 rings (SSSR count). The first-order valence-corrected chi connectivity index (χ1v) is 5.10. The van der Waals surface area contributed by atoms with Gasteiger partial charge in [0, 0.05) is 6.21 Å². The van der Waals surface area contributed by atoms with Crippen molar-refractivity contribution in [1.82, 2.24) is 5.43 Å². The minimum atomic E-state index is -0.344. The van der Waals surface area contributed by atoms with Crippen LogP contribution in [0.1, 0.15) is 30.3 Å². The molecule has 4 nitrogen and oxygen atoms in total. The molecule has 0 saturated heterocycles. The maximum Gasteiger partial charge on any atom is 0.307 e. The second kappa shape index (κ2) is 5.59.